The summed E-state index contributed by atoms with van der Waals surface area (Å²) >= 11 is 1.63. The van der Waals surface area contributed by atoms with Gasteiger partial charge in [0.2, 0.25) is 0 Å². The second-order valence-corrected chi connectivity index (χ2v) is 8.83. The van der Waals surface area contributed by atoms with Gasteiger partial charge in [-0.05, 0) is 12.0 Å². The molecule has 1 aliphatic rings. The molecule has 0 bridgehead atoms. The number of rotatable bonds is 15. The fourth-order valence-electron chi connectivity index (χ4n) is 3.54. The van der Waals surface area contributed by atoms with E-state index < -0.39 is 0 Å². The average molecular weight is 393 g/mol. The standard InChI is InChI=1S/C23H36O3S/c1-2-3-4-5-6-7-8-9-13-16-20(24)17-21-22(23(25)26-21)27-18-19-14-11-10-12-15-19/h10-12,14-15,20-22,24H,2-9,13,16-18H2,1H3/t20-,21+,22+/m1/s1. The van der Waals surface area contributed by atoms with Crippen LogP contribution in [-0.2, 0) is 15.3 Å². The van der Waals surface area contributed by atoms with Gasteiger partial charge in [0.25, 0.3) is 0 Å². The molecular weight excluding hydrogens is 356 g/mol. The molecule has 152 valence electrons. The van der Waals surface area contributed by atoms with Crippen molar-refractivity contribution in [1.82, 2.24) is 0 Å². The first-order valence-electron chi connectivity index (χ1n) is 10.7. The van der Waals surface area contributed by atoms with Crippen LogP contribution < -0.4 is 0 Å². The third kappa shape index (κ3) is 8.69. The van der Waals surface area contributed by atoms with Crippen molar-refractivity contribution in [3.05, 3.63) is 35.9 Å². The second kappa shape index (κ2) is 13.2. The van der Waals surface area contributed by atoms with E-state index in [-0.39, 0.29) is 23.4 Å². The van der Waals surface area contributed by atoms with Gasteiger partial charge in [0.15, 0.2) is 0 Å². The molecule has 1 aromatic rings. The van der Waals surface area contributed by atoms with Crippen molar-refractivity contribution in [3.8, 4) is 0 Å². The molecule has 4 heteroatoms. The number of aliphatic hydroxyl groups excluding tert-OH is 1. The molecule has 1 fully saturated rings. The first-order valence-corrected chi connectivity index (χ1v) is 11.8. The van der Waals surface area contributed by atoms with Gasteiger partial charge >= 0.3 is 5.97 Å². The van der Waals surface area contributed by atoms with Gasteiger partial charge in [0.1, 0.15) is 11.4 Å². The van der Waals surface area contributed by atoms with Crippen molar-refractivity contribution < 1.29 is 14.6 Å². The molecule has 1 saturated heterocycles. The normalized spacial score (nSPS) is 20.1. The lowest BCUT2D eigenvalue weighted by Gasteiger charge is -2.35. The summed E-state index contributed by atoms with van der Waals surface area (Å²) < 4.78 is 5.28. The highest BCUT2D eigenvalue weighted by Crippen LogP contribution is 2.33. The number of hydrogen-bond acceptors (Lipinski definition) is 4. The van der Waals surface area contributed by atoms with E-state index in [1.165, 1.54) is 56.9 Å². The van der Waals surface area contributed by atoms with E-state index >= 15 is 0 Å². The third-order valence-electron chi connectivity index (χ3n) is 5.26. The Hall–Kier alpha value is -1.00. The molecule has 0 aromatic heterocycles. The van der Waals surface area contributed by atoms with E-state index in [0.29, 0.717) is 6.42 Å². The van der Waals surface area contributed by atoms with E-state index in [2.05, 4.69) is 19.1 Å². The fraction of sp³-hybridized carbons (Fsp3) is 0.696. The molecule has 0 aliphatic carbocycles. The predicted molar refractivity (Wildman–Crippen MR) is 114 cm³/mol. The number of ether oxygens (including phenoxy) is 1. The highest BCUT2D eigenvalue weighted by atomic mass is 32.2. The molecule has 1 aromatic carbocycles. The molecular formula is C23H36O3S. The van der Waals surface area contributed by atoms with Gasteiger partial charge in [0.05, 0.1) is 6.10 Å². The van der Waals surface area contributed by atoms with Crippen molar-refractivity contribution >= 4 is 17.7 Å². The van der Waals surface area contributed by atoms with Crippen LogP contribution in [0.2, 0.25) is 0 Å². The molecule has 1 heterocycles. The van der Waals surface area contributed by atoms with Crippen LogP contribution in [0.4, 0.5) is 0 Å². The van der Waals surface area contributed by atoms with E-state index in [9.17, 15) is 9.90 Å². The van der Waals surface area contributed by atoms with E-state index in [1.54, 1.807) is 11.8 Å². The summed E-state index contributed by atoms with van der Waals surface area (Å²) in [5, 5.41) is 10.2. The quantitative estimate of drug-likeness (QED) is 0.299. The Morgan fingerprint density at radius 3 is 2.26 bits per heavy atom. The van der Waals surface area contributed by atoms with Crippen molar-refractivity contribution in [2.75, 3.05) is 0 Å². The topological polar surface area (TPSA) is 46.5 Å². The lowest BCUT2D eigenvalue weighted by atomic mass is 9.99. The van der Waals surface area contributed by atoms with Crippen molar-refractivity contribution in [2.24, 2.45) is 0 Å². The maximum atomic E-state index is 11.7. The summed E-state index contributed by atoms with van der Waals surface area (Å²) in [6, 6.07) is 10.2. The molecule has 0 saturated carbocycles. The summed E-state index contributed by atoms with van der Waals surface area (Å²) in [6.07, 6.45) is 12.5. The minimum atomic E-state index is -0.354. The first kappa shape index (κ1) is 22.3. The Morgan fingerprint density at radius 1 is 1.00 bits per heavy atom. The van der Waals surface area contributed by atoms with Crippen LogP contribution in [-0.4, -0.2) is 28.5 Å². The zero-order chi connectivity index (χ0) is 19.3. The lowest BCUT2D eigenvalue weighted by Crippen LogP contribution is -2.49. The fourth-order valence-corrected chi connectivity index (χ4v) is 4.68. The second-order valence-electron chi connectivity index (χ2n) is 7.70. The summed E-state index contributed by atoms with van der Waals surface area (Å²) in [4.78, 5) is 11.7. The molecule has 2 rings (SSSR count). The van der Waals surface area contributed by atoms with Crippen LogP contribution in [0.25, 0.3) is 0 Å². The number of benzene rings is 1. The van der Waals surface area contributed by atoms with Gasteiger partial charge in [-0.3, -0.25) is 4.79 Å². The summed E-state index contributed by atoms with van der Waals surface area (Å²) in [5.74, 6) is 0.682. The van der Waals surface area contributed by atoms with Gasteiger partial charge < -0.3 is 9.84 Å². The Morgan fingerprint density at radius 2 is 1.63 bits per heavy atom. The summed E-state index contributed by atoms with van der Waals surface area (Å²) in [7, 11) is 0. The largest absolute Gasteiger partial charge is 0.460 e. The van der Waals surface area contributed by atoms with Gasteiger partial charge in [-0.25, -0.2) is 0 Å². The van der Waals surface area contributed by atoms with Crippen LogP contribution in [0.1, 0.15) is 83.1 Å². The summed E-state index contributed by atoms with van der Waals surface area (Å²) in [6.45, 7) is 2.25. The molecule has 0 radical (unpaired) electrons. The Kier molecular flexibility index (Phi) is 10.9. The molecule has 0 amide bonds. The first-order chi connectivity index (χ1) is 13.2. The van der Waals surface area contributed by atoms with Crippen molar-refractivity contribution in [3.63, 3.8) is 0 Å². The molecule has 0 spiro atoms. The van der Waals surface area contributed by atoms with Gasteiger partial charge in [-0.1, -0.05) is 95.0 Å². The number of thioether (sulfide) groups is 1. The molecule has 1 aliphatic heterocycles. The molecule has 3 atom stereocenters. The van der Waals surface area contributed by atoms with Crippen LogP contribution in [0.15, 0.2) is 30.3 Å². The average Bonchev–Trinajstić information content (AvgIpc) is 2.67. The van der Waals surface area contributed by atoms with E-state index in [4.69, 9.17) is 4.74 Å². The maximum absolute atomic E-state index is 11.7. The Labute approximate surface area is 169 Å². The zero-order valence-electron chi connectivity index (χ0n) is 16.8. The molecule has 1 N–H and O–H groups in total. The van der Waals surface area contributed by atoms with Gasteiger partial charge in [-0.2, -0.15) is 0 Å². The van der Waals surface area contributed by atoms with Crippen LogP contribution in [0.3, 0.4) is 0 Å². The number of cyclic esters (lactones) is 1. The van der Waals surface area contributed by atoms with Gasteiger partial charge in [0, 0.05) is 12.2 Å². The minimum absolute atomic E-state index is 0.122. The highest BCUT2D eigenvalue weighted by Gasteiger charge is 2.43. The number of carbonyl (C=O) groups is 1. The molecule has 0 unspecified atom stereocenters. The van der Waals surface area contributed by atoms with Crippen molar-refractivity contribution in [1.29, 1.82) is 0 Å². The number of aliphatic hydroxyl groups is 1. The highest BCUT2D eigenvalue weighted by molar-refractivity contribution is 8.00. The lowest BCUT2D eigenvalue weighted by molar-refractivity contribution is -0.169. The van der Waals surface area contributed by atoms with Crippen molar-refractivity contribution in [2.45, 2.75) is 101 Å². The Bertz CT molecular complexity index is 520. The zero-order valence-corrected chi connectivity index (χ0v) is 17.6. The number of hydrogen-bond donors (Lipinski definition) is 1. The van der Waals surface area contributed by atoms with Crippen LogP contribution in [0, 0.1) is 0 Å². The van der Waals surface area contributed by atoms with Crippen LogP contribution in [0.5, 0.6) is 0 Å². The molecule has 27 heavy (non-hydrogen) atoms. The smallest absolute Gasteiger partial charge is 0.323 e. The maximum Gasteiger partial charge on any atom is 0.323 e. The van der Waals surface area contributed by atoms with E-state index in [0.717, 1.165) is 18.6 Å². The van der Waals surface area contributed by atoms with E-state index in [1.807, 2.05) is 18.2 Å². The molecule has 3 nitrogen and oxygen atoms in total. The van der Waals surface area contributed by atoms with Gasteiger partial charge in [-0.15, -0.1) is 11.8 Å². The van der Waals surface area contributed by atoms with Crippen LogP contribution >= 0.6 is 11.8 Å². The monoisotopic (exact) mass is 392 g/mol. The number of unbranched alkanes of at least 4 members (excludes halogenated alkanes) is 8. The number of esters is 1. The minimum Gasteiger partial charge on any atom is -0.460 e. The third-order valence-corrected chi connectivity index (χ3v) is 6.61. The summed E-state index contributed by atoms with van der Waals surface area (Å²) in [5.41, 5.74) is 1.22. The number of carbonyl (C=O) groups excluding carboxylic acids is 1. The SMILES string of the molecule is CCCCCCCCCCC[C@@H](O)C[C@@H]1OC(=O)[C@H]1SCc1ccccc1. The predicted octanol–water partition coefficient (Wildman–Crippen LogP) is 5.89. The Balaban J connectivity index is 1.52.